The standard InChI is InChI=1S/C21H18N4O4S/c22-15-17-8-4-5-9-20(17)30(27,28)25-12-10-24(11-13-25)21(26)18-14-19(29-23-18)16-6-2-1-3-7-16/h1-9,14H,10-13H2. The fraction of sp³-hybridized carbons (Fsp3) is 0.190. The van der Waals surface area contributed by atoms with Crippen molar-refractivity contribution in [2.45, 2.75) is 4.90 Å². The quantitative estimate of drug-likeness (QED) is 0.639. The zero-order valence-electron chi connectivity index (χ0n) is 15.9. The summed E-state index contributed by atoms with van der Waals surface area (Å²) < 4.78 is 32.4. The number of hydrogen-bond acceptors (Lipinski definition) is 6. The SMILES string of the molecule is N#Cc1ccccc1S(=O)(=O)N1CCN(C(=O)c2cc(-c3ccccc3)on2)CC1. The minimum atomic E-state index is -3.81. The minimum Gasteiger partial charge on any atom is -0.355 e. The number of carbonyl (C=O) groups is 1. The van der Waals surface area contributed by atoms with Gasteiger partial charge in [0.25, 0.3) is 5.91 Å². The Kier molecular flexibility index (Phi) is 5.35. The summed E-state index contributed by atoms with van der Waals surface area (Å²) in [7, 11) is -3.81. The molecule has 9 heteroatoms. The Bertz CT molecular complexity index is 1210. The number of nitriles is 1. The van der Waals surface area contributed by atoms with Gasteiger partial charge in [-0.15, -0.1) is 0 Å². The second-order valence-electron chi connectivity index (χ2n) is 6.75. The van der Waals surface area contributed by atoms with Gasteiger partial charge >= 0.3 is 0 Å². The summed E-state index contributed by atoms with van der Waals surface area (Å²) in [6.07, 6.45) is 0. The average Bonchev–Trinajstić information content (AvgIpc) is 3.29. The second-order valence-corrected chi connectivity index (χ2v) is 8.65. The number of carbonyl (C=O) groups excluding carboxylic acids is 1. The van der Waals surface area contributed by atoms with Crippen LogP contribution in [-0.4, -0.2) is 54.9 Å². The number of benzene rings is 2. The fourth-order valence-corrected chi connectivity index (χ4v) is 4.90. The monoisotopic (exact) mass is 422 g/mol. The van der Waals surface area contributed by atoms with Crippen molar-refractivity contribution >= 4 is 15.9 Å². The van der Waals surface area contributed by atoms with Crippen LogP contribution in [0.3, 0.4) is 0 Å². The van der Waals surface area contributed by atoms with E-state index in [-0.39, 0.29) is 48.2 Å². The Morgan fingerprint density at radius 3 is 2.37 bits per heavy atom. The van der Waals surface area contributed by atoms with Crippen molar-refractivity contribution in [1.29, 1.82) is 5.26 Å². The number of amides is 1. The van der Waals surface area contributed by atoms with Crippen LogP contribution in [0.15, 0.2) is 70.1 Å². The molecule has 0 radical (unpaired) electrons. The third-order valence-corrected chi connectivity index (χ3v) is 6.90. The van der Waals surface area contributed by atoms with Crippen LogP contribution >= 0.6 is 0 Å². The van der Waals surface area contributed by atoms with Gasteiger partial charge in [0, 0.05) is 37.8 Å². The van der Waals surface area contributed by atoms with Crippen molar-refractivity contribution in [1.82, 2.24) is 14.4 Å². The third-order valence-electron chi connectivity index (χ3n) is 4.94. The van der Waals surface area contributed by atoms with Crippen LogP contribution in [-0.2, 0) is 10.0 Å². The van der Waals surface area contributed by atoms with Gasteiger partial charge in [0.2, 0.25) is 10.0 Å². The van der Waals surface area contributed by atoms with E-state index in [0.717, 1.165) is 5.56 Å². The maximum Gasteiger partial charge on any atom is 0.276 e. The Hall–Kier alpha value is -3.48. The molecule has 3 aromatic rings. The highest BCUT2D eigenvalue weighted by Gasteiger charge is 2.32. The molecular weight excluding hydrogens is 404 g/mol. The second kappa shape index (κ2) is 8.10. The summed E-state index contributed by atoms with van der Waals surface area (Å²) in [4.78, 5) is 14.3. The molecule has 30 heavy (non-hydrogen) atoms. The molecule has 1 saturated heterocycles. The predicted molar refractivity (Wildman–Crippen MR) is 108 cm³/mol. The molecule has 0 bridgehead atoms. The number of hydrogen-bond donors (Lipinski definition) is 0. The lowest BCUT2D eigenvalue weighted by Gasteiger charge is -2.33. The van der Waals surface area contributed by atoms with Crippen LogP contribution in [0.25, 0.3) is 11.3 Å². The molecule has 1 aromatic heterocycles. The number of aromatic nitrogens is 1. The van der Waals surface area contributed by atoms with Crippen molar-refractivity contribution in [3.63, 3.8) is 0 Å². The van der Waals surface area contributed by atoms with Gasteiger partial charge in [0.05, 0.1) is 10.5 Å². The van der Waals surface area contributed by atoms with E-state index in [9.17, 15) is 18.5 Å². The molecule has 0 N–H and O–H groups in total. The van der Waals surface area contributed by atoms with Crippen LogP contribution in [0.2, 0.25) is 0 Å². The molecule has 0 atom stereocenters. The molecule has 4 rings (SSSR count). The molecule has 0 saturated carbocycles. The van der Waals surface area contributed by atoms with Gasteiger partial charge in [-0.05, 0) is 12.1 Å². The van der Waals surface area contributed by atoms with Gasteiger partial charge < -0.3 is 9.42 Å². The first kappa shape index (κ1) is 19.8. The van der Waals surface area contributed by atoms with Crippen LogP contribution in [0.5, 0.6) is 0 Å². The molecule has 1 amide bonds. The summed E-state index contributed by atoms with van der Waals surface area (Å²) in [5, 5.41) is 13.1. The zero-order chi connectivity index (χ0) is 21.1. The first-order valence-electron chi connectivity index (χ1n) is 9.31. The Morgan fingerprint density at radius 2 is 1.67 bits per heavy atom. The average molecular weight is 422 g/mol. The summed E-state index contributed by atoms with van der Waals surface area (Å²) in [5.74, 6) is 0.184. The van der Waals surface area contributed by atoms with Gasteiger partial charge in [-0.3, -0.25) is 4.79 Å². The summed E-state index contributed by atoms with van der Waals surface area (Å²) >= 11 is 0. The normalized spacial score (nSPS) is 15.0. The van der Waals surface area contributed by atoms with E-state index in [0.29, 0.717) is 5.76 Å². The number of nitrogens with zero attached hydrogens (tertiary/aromatic N) is 4. The topological polar surface area (TPSA) is 108 Å². The van der Waals surface area contributed by atoms with Crippen molar-refractivity contribution in [2.24, 2.45) is 0 Å². The van der Waals surface area contributed by atoms with Gasteiger partial charge in [0.15, 0.2) is 11.5 Å². The van der Waals surface area contributed by atoms with Gasteiger partial charge in [0.1, 0.15) is 6.07 Å². The van der Waals surface area contributed by atoms with E-state index < -0.39 is 10.0 Å². The summed E-state index contributed by atoms with van der Waals surface area (Å²) in [5.41, 5.74) is 1.10. The minimum absolute atomic E-state index is 0.0173. The van der Waals surface area contributed by atoms with Crippen LogP contribution in [0.1, 0.15) is 16.1 Å². The van der Waals surface area contributed by atoms with Gasteiger partial charge in [-0.2, -0.15) is 9.57 Å². The van der Waals surface area contributed by atoms with Crippen molar-refractivity contribution in [3.8, 4) is 17.4 Å². The number of rotatable bonds is 4. The molecule has 0 unspecified atom stereocenters. The largest absolute Gasteiger partial charge is 0.355 e. The van der Waals surface area contributed by atoms with Gasteiger partial charge in [-0.1, -0.05) is 47.6 Å². The fourth-order valence-electron chi connectivity index (χ4n) is 3.33. The summed E-state index contributed by atoms with van der Waals surface area (Å²) in [6.45, 7) is 0.717. The molecule has 1 aliphatic heterocycles. The predicted octanol–water partition coefficient (Wildman–Crippen LogP) is 2.36. The molecule has 152 valence electrons. The molecule has 0 spiro atoms. The summed E-state index contributed by atoms with van der Waals surface area (Å²) in [6, 6.07) is 18.9. The Balaban J connectivity index is 1.45. The number of sulfonamides is 1. The van der Waals surface area contributed by atoms with E-state index in [2.05, 4.69) is 5.16 Å². The van der Waals surface area contributed by atoms with Crippen molar-refractivity contribution < 1.29 is 17.7 Å². The highest BCUT2D eigenvalue weighted by atomic mass is 32.2. The van der Waals surface area contributed by atoms with E-state index in [1.807, 2.05) is 36.4 Å². The van der Waals surface area contributed by atoms with Crippen molar-refractivity contribution in [2.75, 3.05) is 26.2 Å². The van der Waals surface area contributed by atoms with Crippen molar-refractivity contribution in [3.05, 3.63) is 71.9 Å². The lowest BCUT2D eigenvalue weighted by molar-refractivity contribution is 0.0687. The van der Waals surface area contributed by atoms with Crippen LogP contribution < -0.4 is 0 Å². The van der Waals surface area contributed by atoms with E-state index in [1.54, 1.807) is 23.1 Å². The zero-order valence-corrected chi connectivity index (χ0v) is 16.7. The number of piperazine rings is 1. The maximum atomic E-state index is 12.9. The molecule has 8 nitrogen and oxygen atoms in total. The molecule has 0 aliphatic carbocycles. The molecule has 2 heterocycles. The lowest BCUT2D eigenvalue weighted by atomic mass is 10.1. The maximum absolute atomic E-state index is 12.9. The smallest absolute Gasteiger partial charge is 0.276 e. The molecule has 2 aromatic carbocycles. The van der Waals surface area contributed by atoms with E-state index in [4.69, 9.17) is 4.52 Å². The van der Waals surface area contributed by atoms with Crippen LogP contribution in [0, 0.1) is 11.3 Å². The highest BCUT2D eigenvalue weighted by Crippen LogP contribution is 2.23. The van der Waals surface area contributed by atoms with Crippen LogP contribution in [0.4, 0.5) is 0 Å². The van der Waals surface area contributed by atoms with Gasteiger partial charge in [-0.25, -0.2) is 8.42 Å². The third kappa shape index (κ3) is 3.70. The Morgan fingerprint density at radius 1 is 1.00 bits per heavy atom. The first-order valence-corrected chi connectivity index (χ1v) is 10.8. The first-order chi connectivity index (χ1) is 14.5. The molecule has 1 aliphatic rings. The van der Waals surface area contributed by atoms with E-state index in [1.165, 1.54) is 16.4 Å². The Labute approximate surface area is 174 Å². The van der Waals surface area contributed by atoms with E-state index >= 15 is 0 Å². The highest BCUT2D eigenvalue weighted by molar-refractivity contribution is 7.89. The lowest BCUT2D eigenvalue weighted by Crippen LogP contribution is -2.50. The molecular formula is C21H18N4O4S. The molecule has 1 fully saturated rings.